The Morgan fingerprint density at radius 3 is 2.73 bits per heavy atom. The molecule has 0 amide bonds. The van der Waals surface area contributed by atoms with Gasteiger partial charge in [-0.2, -0.15) is 0 Å². The maximum Gasteiger partial charge on any atom is 0.0648 e. The second kappa shape index (κ2) is 4.80. The van der Waals surface area contributed by atoms with Crippen LogP contribution in [0.2, 0.25) is 0 Å². The third kappa shape index (κ3) is 2.85. The molecule has 0 aliphatic heterocycles. The molecule has 0 aromatic carbocycles. The van der Waals surface area contributed by atoms with Crippen LogP contribution in [0.25, 0.3) is 0 Å². The lowest BCUT2D eigenvalue weighted by Crippen LogP contribution is -1.91. The number of aromatic nitrogens is 1. The van der Waals surface area contributed by atoms with Gasteiger partial charge in [-0.15, -0.1) is 24.0 Å². The van der Waals surface area contributed by atoms with Crippen molar-refractivity contribution >= 4 is 45.6 Å². The summed E-state index contributed by atoms with van der Waals surface area (Å²) in [7, 11) is 0. The lowest BCUT2D eigenvalue weighted by atomic mass is 10.3. The lowest BCUT2D eigenvalue weighted by Gasteiger charge is -1.98. The standard InChI is InChI=1S/C6H6BrClN2.ClH/c7-5-3-10-4(2-8)1-6(5)9;/h1,3H,2H2,(H2,9,10);1H. The Morgan fingerprint density at radius 2 is 2.27 bits per heavy atom. The first-order chi connectivity index (χ1) is 4.74. The Hall–Kier alpha value is 0.01000. The third-order valence-corrected chi connectivity index (χ3v) is 2.01. The first-order valence-electron chi connectivity index (χ1n) is 2.70. The second-order valence-electron chi connectivity index (χ2n) is 1.83. The Kier molecular flexibility index (Phi) is 4.81. The monoisotopic (exact) mass is 256 g/mol. The van der Waals surface area contributed by atoms with E-state index in [1.807, 2.05) is 0 Å². The summed E-state index contributed by atoms with van der Waals surface area (Å²) in [6.07, 6.45) is 1.65. The number of nitrogens with zero attached hydrogens (tertiary/aromatic N) is 1. The van der Waals surface area contributed by atoms with Crippen LogP contribution in [0, 0.1) is 0 Å². The molecule has 62 valence electrons. The normalized spacial score (nSPS) is 8.91. The van der Waals surface area contributed by atoms with E-state index in [1.54, 1.807) is 12.3 Å². The highest BCUT2D eigenvalue weighted by atomic mass is 79.9. The fraction of sp³-hybridized carbons (Fsp3) is 0.167. The van der Waals surface area contributed by atoms with Crippen molar-refractivity contribution in [1.82, 2.24) is 4.98 Å². The molecular weight excluding hydrogens is 251 g/mol. The second-order valence-corrected chi connectivity index (χ2v) is 2.95. The van der Waals surface area contributed by atoms with E-state index in [1.165, 1.54) is 0 Å². The van der Waals surface area contributed by atoms with E-state index in [4.69, 9.17) is 17.3 Å². The van der Waals surface area contributed by atoms with Crippen LogP contribution in [0.5, 0.6) is 0 Å². The van der Waals surface area contributed by atoms with Crippen molar-refractivity contribution in [2.24, 2.45) is 0 Å². The van der Waals surface area contributed by atoms with E-state index < -0.39 is 0 Å². The fourth-order valence-electron chi connectivity index (χ4n) is 0.573. The van der Waals surface area contributed by atoms with Gasteiger partial charge in [-0.25, -0.2) is 0 Å². The van der Waals surface area contributed by atoms with Gasteiger partial charge in [-0.3, -0.25) is 4.98 Å². The topological polar surface area (TPSA) is 38.9 Å². The van der Waals surface area contributed by atoms with Crippen molar-refractivity contribution in [3.05, 3.63) is 22.4 Å². The van der Waals surface area contributed by atoms with E-state index in [9.17, 15) is 0 Å². The molecule has 0 unspecified atom stereocenters. The third-order valence-electron chi connectivity index (χ3n) is 1.08. The number of nitrogen functional groups attached to an aromatic ring is 1. The Labute approximate surface area is 84.7 Å². The van der Waals surface area contributed by atoms with Gasteiger partial charge in [-0.05, 0) is 22.0 Å². The minimum atomic E-state index is 0. The van der Waals surface area contributed by atoms with Crippen LogP contribution in [0.4, 0.5) is 5.69 Å². The maximum atomic E-state index is 5.55. The summed E-state index contributed by atoms with van der Waals surface area (Å²) in [5, 5.41) is 0. The fourth-order valence-corrected chi connectivity index (χ4v) is 0.936. The first-order valence-corrected chi connectivity index (χ1v) is 4.02. The van der Waals surface area contributed by atoms with Crippen molar-refractivity contribution in [1.29, 1.82) is 0 Å². The Bertz CT molecular complexity index is 242. The maximum absolute atomic E-state index is 5.55. The van der Waals surface area contributed by atoms with Gasteiger partial charge in [0.25, 0.3) is 0 Å². The van der Waals surface area contributed by atoms with Crippen LogP contribution in [0.3, 0.4) is 0 Å². The minimum Gasteiger partial charge on any atom is -0.398 e. The van der Waals surface area contributed by atoms with Crippen LogP contribution in [-0.2, 0) is 5.88 Å². The van der Waals surface area contributed by atoms with Gasteiger partial charge >= 0.3 is 0 Å². The van der Waals surface area contributed by atoms with E-state index in [2.05, 4.69) is 20.9 Å². The predicted molar refractivity (Wildman–Crippen MR) is 53.2 cm³/mol. The van der Waals surface area contributed by atoms with Gasteiger partial charge in [0.2, 0.25) is 0 Å². The molecule has 0 radical (unpaired) electrons. The van der Waals surface area contributed by atoms with Gasteiger partial charge in [-0.1, -0.05) is 0 Å². The smallest absolute Gasteiger partial charge is 0.0648 e. The number of halogens is 3. The molecule has 0 spiro atoms. The summed E-state index contributed by atoms with van der Waals surface area (Å²) in [5.41, 5.74) is 7.02. The summed E-state index contributed by atoms with van der Waals surface area (Å²) in [6.45, 7) is 0. The molecule has 0 fully saturated rings. The molecule has 2 nitrogen and oxygen atoms in total. The summed E-state index contributed by atoms with van der Waals surface area (Å²) in [4.78, 5) is 4.00. The molecule has 5 heteroatoms. The van der Waals surface area contributed by atoms with Crippen molar-refractivity contribution in [2.45, 2.75) is 5.88 Å². The zero-order chi connectivity index (χ0) is 7.56. The largest absolute Gasteiger partial charge is 0.398 e. The molecule has 1 aromatic heterocycles. The van der Waals surface area contributed by atoms with Crippen LogP contribution in [-0.4, -0.2) is 4.98 Å². The van der Waals surface area contributed by atoms with Gasteiger partial charge < -0.3 is 5.73 Å². The molecule has 1 aromatic rings. The van der Waals surface area contributed by atoms with Crippen molar-refractivity contribution in [3.8, 4) is 0 Å². The Balaban J connectivity index is 0.000001000. The molecule has 0 bridgehead atoms. The van der Waals surface area contributed by atoms with Crippen LogP contribution < -0.4 is 5.73 Å². The number of pyridine rings is 1. The first kappa shape index (κ1) is 11.0. The lowest BCUT2D eigenvalue weighted by molar-refractivity contribution is 1.16. The molecule has 0 aliphatic carbocycles. The van der Waals surface area contributed by atoms with E-state index >= 15 is 0 Å². The predicted octanol–water partition coefficient (Wildman–Crippen LogP) is 2.59. The average molecular weight is 258 g/mol. The average Bonchev–Trinajstić information content (AvgIpc) is 1.95. The number of alkyl halides is 1. The highest BCUT2D eigenvalue weighted by Crippen LogP contribution is 2.18. The van der Waals surface area contributed by atoms with Gasteiger partial charge in [0.15, 0.2) is 0 Å². The highest BCUT2D eigenvalue weighted by Gasteiger charge is 1.96. The van der Waals surface area contributed by atoms with Gasteiger partial charge in [0, 0.05) is 11.9 Å². The van der Waals surface area contributed by atoms with Crippen molar-refractivity contribution < 1.29 is 0 Å². The summed E-state index contributed by atoms with van der Waals surface area (Å²) in [5.74, 6) is 0.400. The number of nitrogens with two attached hydrogens (primary N) is 1. The van der Waals surface area contributed by atoms with Crippen molar-refractivity contribution in [2.75, 3.05) is 5.73 Å². The molecule has 1 rings (SSSR count). The SMILES string of the molecule is Cl.Nc1cc(CCl)ncc1Br. The van der Waals surface area contributed by atoms with Crippen LogP contribution in [0.15, 0.2) is 16.7 Å². The molecule has 0 aliphatic rings. The zero-order valence-electron chi connectivity index (χ0n) is 5.55. The molecule has 0 saturated carbocycles. The zero-order valence-corrected chi connectivity index (χ0v) is 8.71. The number of anilines is 1. The molecule has 0 saturated heterocycles. The van der Waals surface area contributed by atoms with E-state index in [0.29, 0.717) is 11.6 Å². The molecule has 0 atom stereocenters. The highest BCUT2D eigenvalue weighted by molar-refractivity contribution is 9.10. The van der Waals surface area contributed by atoms with E-state index in [0.717, 1.165) is 10.2 Å². The quantitative estimate of drug-likeness (QED) is 0.786. The van der Waals surface area contributed by atoms with Gasteiger partial charge in [0.05, 0.1) is 16.0 Å². The summed E-state index contributed by atoms with van der Waals surface area (Å²) < 4.78 is 0.807. The summed E-state index contributed by atoms with van der Waals surface area (Å²) >= 11 is 8.75. The van der Waals surface area contributed by atoms with E-state index in [-0.39, 0.29) is 12.4 Å². The molecule has 11 heavy (non-hydrogen) atoms. The van der Waals surface area contributed by atoms with Crippen LogP contribution >= 0.6 is 39.9 Å². The van der Waals surface area contributed by atoms with Gasteiger partial charge in [0.1, 0.15) is 0 Å². The Morgan fingerprint density at radius 1 is 1.64 bits per heavy atom. The molecular formula is C6H7BrCl2N2. The number of rotatable bonds is 1. The van der Waals surface area contributed by atoms with Crippen LogP contribution in [0.1, 0.15) is 5.69 Å². The number of hydrogen-bond donors (Lipinski definition) is 1. The molecule has 1 heterocycles. The minimum absolute atomic E-state index is 0. The summed E-state index contributed by atoms with van der Waals surface area (Å²) in [6, 6.07) is 1.75. The number of hydrogen-bond acceptors (Lipinski definition) is 2. The van der Waals surface area contributed by atoms with Crippen molar-refractivity contribution in [3.63, 3.8) is 0 Å². The molecule has 2 N–H and O–H groups in total.